The average Bonchev–Trinajstić information content (AvgIpc) is 2.63. The Balaban J connectivity index is 2.45. The van der Waals surface area contributed by atoms with Gasteiger partial charge in [-0.3, -0.25) is 14.9 Å². The molecule has 0 fully saturated rings. The lowest BCUT2D eigenvalue weighted by molar-refractivity contribution is -0.384. The fourth-order valence-electron chi connectivity index (χ4n) is 2.17. The molecule has 0 unspecified atom stereocenters. The SMILES string of the molecule is CCOc1cc(/C=C(\C#N)C(=O)c2cccc([N+](=O)[O-])c2)cc(I)c1O. The number of nitrogens with zero attached hydrogens (tertiary/aromatic N) is 2. The summed E-state index contributed by atoms with van der Waals surface area (Å²) in [5, 5.41) is 30.2. The summed E-state index contributed by atoms with van der Waals surface area (Å²) in [6.45, 7) is 2.11. The van der Waals surface area contributed by atoms with Gasteiger partial charge < -0.3 is 9.84 Å². The quantitative estimate of drug-likeness (QED) is 0.172. The number of carbonyl (C=O) groups excluding carboxylic acids is 1. The first-order valence-electron chi connectivity index (χ1n) is 7.43. The van der Waals surface area contributed by atoms with Crippen LogP contribution in [0, 0.1) is 25.0 Å². The number of nitro benzene ring substituents is 1. The number of carbonyl (C=O) groups is 1. The fraction of sp³-hybridized carbons (Fsp3) is 0.111. The molecule has 0 saturated carbocycles. The molecule has 0 aliphatic carbocycles. The molecule has 0 radical (unpaired) electrons. The minimum Gasteiger partial charge on any atom is -0.504 e. The third-order valence-electron chi connectivity index (χ3n) is 3.35. The van der Waals surface area contributed by atoms with Crippen LogP contribution < -0.4 is 4.74 Å². The van der Waals surface area contributed by atoms with Crippen molar-refractivity contribution in [3.05, 3.63) is 66.8 Å². The van der Waals surface area contributed by atoms with Crippen LogP contribution in [0.4, 0.5) is 5.69 Å². The maximum Gasteiger partial charge on any atom is 0.270 e. The molecule has 0 aromatic heterocycles. The first kappa shape index (κ1) is 19.4. The van der Waals surface area contributed by atoms with Crippen LogP contribution in [0.3, 0.4) is 0 Å². The number of non-ortho nitro benzene ring substituents is 1. The number of benzene rings is 2. The highest BCUT2D eigenvalue weighted by Gasteiger charge is 2.16. The highest BCUT2D eigenvalue weighted by molar-refractivity contribution is 14.1. The monoisotopic (exact) mass is 464 g/mol. The third kappa shape index (κ3) is 4.37. The zero-order valence-electron chi connectivity index (χ0n) is 13.6. The van der Waals surface area contributed by atoms with E-state index >= 15 is 0 Å². The summed E-state index contributed by atoms with van der Waals surface area (Å²) < 4.78 is 5.83. The van der Waals surface area contributed by atoms with E-state index in [0.717, 1.165) is 6.07 Å². The summed E-state index contributed by atoms with van der Waals surface area (Å²) in [5.74, 6) is -0.406. The Kier molecular flexibility index (Phi) is 6.30. The summed E-state index contributed by atoms with van der Waals surface area (Å²) in [6, 6.07) is 10.1. The van der Waals surface area contributed by atoms with E-state index in [2.05, 4.69) is 0 Å². The zero-order valence-corrected chi connectivity index (χ0v) is 15.8. The summed E-state index contributed by atoms with van der Waals surface area (Å²) in [4.78, 5) is 22.8. The summed E-state index contributed by atoms with van der Waals surface area (Å²) in [6.07, 6.45) is 1.35. The number of nitriles is 1. The van der Waals surface area contributed by atoms with E-state index in [-0.39, 0.29) is 28.3 Å². The number of rotatable bonds is 6. The first-order valence-corrected chi connectivity index (χ1v) is 8.51. The number of phenols is 1. The van der Waals surface area contributed by atoms with Crippen LogP contribution in [0.2, 0.25) is 0 Å². The maximum atomic E-state index is 12.5. The van der Waals surface area contributed by atoms with Gasteiger partial charge in [-0.15, -0.1) is 0 Å². The van der Waals surface area contributed by atoms with Gasteiger partial charge in [-0.05, 0) is 53.3 Å². The van der Waals surface area contributed by atoms with Crippen molar-refractivity contribution in [2.45, 2.75) is 6.92 Å². The van der Waals surface area contributed by atoms with Crippen molar-refractivity contribution in [2.24, 2.45) is 0 Å². The van der Waals surface area contributed by atoms with E-state index in [4.69, 9.17) is 4.74 Å². The molecule has 0 atom stereocenters. The van der Waals surface area contributed by atoms with Gasteiger partial charge in [0.25, 0.3) is 5.69 Å². The summed E-state index contributed by atoms with van der Waals surface area (Å²) in [5.41, 5.74) is 0.122. The second kappa shape index (κ2) is 8.44. The molecule has 0 amide bonds. The molecule has 0 bridgehead atoms. The number of phenolic OH excluding ortho intramolecular Hbond substituents is 1. The minimum absolute atomic E-state index is 0.0203. The van der Waals surface area contributed by atoms with Crippen molar-refractivity contribution >= 4 is 40.1 Å². The summed E-state index contributed by atoms with van der Waals surface area (Å²) >= 11 is 1.91. The molecule has 132 valence electrons. The molecule has 0 heterocycles. The van der Waals surface area contributed by atoms with Gasteiger partial charge in [0, 0.05) is 17.7 Å². The number of aromatic hydroxyl groups is 1. The molecular formula is C18H13IN2O5. The van der Waals surface area contributed by atoms with Crippen molar-refractivity contribution in [1.82, 2.24) is 0 Å². The zero-order chi connectivity index (χ0) is 19.3. The molecule has 0 aliphatic rings. The van der Waals surface area contributed by atoms with E-state index < -0.39 is 10.7 Å². The highest BCUT2D eigenvalue weighted by atomic mass is 127. The Morgan fingerprint density at radius 3 is 2.77 bits per heavy atom. The van der Waals surface area contributed by atoms with Gasteiger partial charge in [-0.1, -0.05) is 12.1 Å². The Morgan fingerprint density at radius 2 is 2.15 bits per heavy atom. The first-order chi connectivity index (χ1) is 12.4. The Labute approximate surface area is 162 Å². The molecule has 0 aliphatic heterocycles. The van der Waals surface area contributed by atoms with Gasteiger partial charge in [0.2, 0.25) is 5.78 Å². The molecule has 1 N–H and O–H groups in total. The Morgan fingerprint density at radius 1 is 1.42 bits per heavy atom. The molecule has 26 heavy (non-hydrogen) atoms. The average molecular weight is 464 g/mol. The van der Waals surface area contributed by atoms with Crippen LogP contribution in [-0.4, -0.2) is 22.4 Å². The van der Waals surface area contributed by atoms with Gasteiger partial charge in [-0.2, -0.15) is 5.26 Å². The van der Waals surface area contributed by atoms with Crippen molar-refractivity contribution in [1.29, 1.82) is 5.26 Å². The number of Topliss-reactive ketones (excluding diaryl/α,β-unsaturated/α-hetero) is 1. The van der Waals surface area contributed by atoms with E-state index in [1.165, 1.54) is 30.3 Å². The standard InChI is InChI=1S/C18H13IN2O5/c1-2-26-16-8-11(7-15(19)18(16)23)6-13(10-20)17(22)12-4-3-5-14(9-12)21(24)25/h3-9,23H,2H2,1H3/b13-6+. The van der Waals surface area contributed by atoms with Crippen LogP contribution in [0.5, 0.6) is 11.5 Å². The van der Waals surface area contributed by atoms with Gasteiger partial charge in [0.15, 0.2) is 11.5 Å². The van der Waals surface area contributed by atoms with Crippen molar-refractivity contribution in [2.75, 3.05) is 6.61 Å². The van der Waals surface area contributed by atoms with Crippen LogP contribution in [0.15, 0.2) is 42.0 Å². The van der Waals surface area contributed by atoms with Crippen molar-refractivity contribution < 1.29 is 19.6 Å². The molecule has 2 aromatic rings. The largest absolute Gasteiger partial charge is 0.504 e. The van der Waals surface area contributed by atoms with E-state index in [0.29, 0.717) is 15.7 Å². The third-order valence-corrected chi connectivity index (χ3v) is 4.17. The lowest BCUT2D eigenvalue weighted by Crippen LogP contribution is -2.03. The second-order valence-electron chi connectivity index (χ2n) is 5.09. The summed E-state index contributed by atoms with van der Waals surface area (Å²) in [7, 11) is 0. The number of allylic oxidation sites excluding steroid dienone is 1. The Bertz CT molecular complexity index is 947. The lowest BCUT2D eigenvalue weighted by Gasteiger charge is -2.09. The van der Waals surface area contributed by atoms with E-state index in [1.807, 2.05) is 28.7 Å². The molecule has 0 spiro atoms. The topological polar surface area (TPSA) is 113 Å². The van der Waals surface area contributed by atoms with E-state index in [9.17, 15) is 25.3 Å². The maximum absolute atomic E-state index is 12.5. The van der Waals surface area contributed by atoms with Gasteiger partial charge >= 0.3 is 0 Å². The van der Waals surface area contributed by atoms with Gasteiger partial charge in [-0.25, -0.2) is 0 Å². The molecule has 2 rings (SSSR count). The minimum atomic E-state index is -0.628. The number of hydrogen-bond donors (Lipinski definition) is 1. The number of halogens is 1. The predicted molar refractivity (Wildman–Crippen MR) is 103 cm³/mol. The van der Waals surface area contributed by atoms with Crippen molar-refractivity contribution in [3.8, 4) is 17.6 Å². The molecular weight excluding hydrogens is 451 g/mol. The number of ketones is 1. The molecule has 0 saturated heterocycles. The number of hydrogen-bond acceptors (Lipinski definition) is 6. The van der Waals surface area contributed by atoms with Crippen molar-refractivity contribution in [3.63, 3.8) is 0 Å². The normalized spacial score (nSPS) is 10.9. The predicted octanol–water partition coefficient (Wildman–Crippen LogP) is 4.09. The number of nitro groups is 1. The highest BCUT2D eigenvalue weighted by Crippen LogP contribution is 2.33. The smallest absolute Gasteiger partial charge is 0.270 e. The molecule has 7 nitrogen and oxygen atoms in total. The molecule has 2 aromatic carbocycles. The fourth-order valence-corrected chi connectivity index (χ4v) is 2.80. The molecule has 8 heteroatoms. The van der Waals surface area contributed by atoms with Gasteiger partial charge in [0.1, 0.15) is 11.6 Å². The Hall–Kier alpha value is -2.93. The van der Waals surface area contributed by atoms with E-state index in [1.54, 1.807) is 13.0 Å². The lowest BCUT2D eigenvalue weighted by atomic mass is 10.0. The van der Waals surface area contributed by atoms with Crippen LogP contribution in [0.1, 0.15) is 22.8 Å². The van der Waals surface area contributed by atoms with Gasteiger partial charge in [0.05, 0.1) is 15.1 Å². The van der Waals surface area contributed by atoms with Crippen LogP contribution in [-0.2, 0) is 0 Å². The van der Waals surface area contributed by atoms with Crippen LogP contribution in [0.25, 0.3) is 6.08 Å². The van der Waals surface area contributed by atoms with Crippen LogP contribution >= 0.6 is 22.6 Å². The second-order valence-corrected chi connectivity index (χ2v) is 6.25. The number of ether oxygens (including phenoxy) is 1.